The van der Waals surface area contributed by atoms with Crippen LogP contribution in [0.1, 0.15) is 63.6 Å². The Bertz CT molecular complexity index is 1440. The highest BCUT2D eigenvalue weighted by Gasteiger charge is 2.32. The fourth-order valence-corrected chi connectivity index (χ4v) is 4.88. The third-order valence-electron chi connectivity index (χ3n) is 7.72. The van der Waals surface area contributed by atoms with Crippen LogP contribution in [0.3, 0.4) is 0 Å². The molecule has 0 spiro atoms. The van der Waals surface area contributed by atoms with Crippen molar-refractivity contribution in [3.63, 3.8) is 0 Å². The third-order valence-corrected chi connectivity index (χ3v) is 7.72. The van der Waals surface area contributed by atoms with Crippen LogP contribution in [0.4, 0.5) is 5.69 Å². The number of hydrogen-bond acceptors (Lipinski definition) is 1. The average Bonchev–Trinajstić information content (AvgIpc) is 3.22. The summed E-state index contributed by atoms with van der Waals surface area (Å²) >= 11 is 0. The summed E-state index contributed by atoms with van der Waals surface area (Å²) in [4.78, 5) is 2.19. The van der Waals surface area contributed by atoms with Crippen LogP contribution in [0.15, 0.2) is 164 Å². The fraction of sp³-hybridized carbons (Fsp3) is 0.200. The molecule has 3 aromatic carbocycles. The second-order valence-electron chi connectivity index (χ2n) is 10.7. The van der Waals surface area contributed by atoms with Gasteiger partial charge in [0.15, 0.2) is 0 Å². The van der Waals surface area contributed by atoms with Crippen LogP contribution < -0.4 is 4.90 Å². The number of rotatable bonds is 8. The second-order valence-corrected chi connectivity index (χ2v) is 10.7. The molecule has 1 fully saturated rings. The van der Waals surface area contributed by atoms with E-state index in [9.17, 15) is 0 Å². The van der Waals surface area contributed by atoms with Gasteiger partial charge in [-0.25, -0.2) is 0 Å². The predicted octanol–water partition coefficient (Wildman–Crippen LogP) is 11.4. The van der Waals surface area contributed by atoms with Crippen molar-refractivity contribution < 1.29 is 0 Å². The molecule has 1 heteroatoms. The van der Waals surface area contributed by atoms with Gasteiger partial charge in [0.1, 0.15) is 0 Å². The molecule has 2 atom stereocenters. The third kappa shape index (κ3) is 7.86. The summed E-state index contributed by atoms with van der Waals surface area (Å²) in [6.45, 7) is 27.4. The largest absolute Gasteiger partial charge is 0.315 e. The van der Waals surface area contributed by atoms with E-state index in [-0.39, 0.29) is 5.92 Å². The van der Waals surface area contributed by atoms with Crippen molar-refractivity contribution in [2.24, 2.45) is 5.92 Å². The minimum atomic E-state index is 0.210. The highest BCUT2D eigenvalue weighted by atomic mass is 15.2. The van der Waals surface area contributed by atoms with Crippen molar-refractivity contribution >= 4 is 11.3 Å². The van der Waals surface area contributed by atoms with Crippen molar-refractivity contribution in [2.45, 2.75) is 47.0 Å². The maximum Gasteiger partial charge on any atom is 0.0458 e. The molecule has 0 radical (unpaired) electrons. The van der Waals surface area contributed by atoms with E-state index < -0.39 is 0 Å². The molecule has 1 saturated heterocycles. The molecule has 2 unspecified atom stereocenters. The van der Waals surface area contributed by atoms with Gasteiger partial charge in [-0.3, -0.25) is 0 Å². The summed E-state index contributed by atoms with van der Waals surface area (Å²) in [5.74, 6) is 0.563. The Morgan fingerprint density at radius 2 is 1.44 bits per heavy atom. The van der Waals surface area contributed by atoms with E-state index in [1.165, 1.54) is 39.0 Å². The van der Waals surface area contributed by atoms with Crippen LogP contribution in [0.25, 0.3) is 5.57 Å². The van der Waals surface area contributed by atoms with Gasteiger partial charge in [0.25, 0.3) is 0 Å². The summed E-state index contributed by atoms with van der Waals surface area (Å²) in [7, 11) is 0. The van der Waals surface area contributed by atoms with Gasteiger partial charge >= 0.3 is 0 Å². The molecule has 0 N–H and O–H groups in total. The van der Waals surface area contributed by atoms with Crippen LogP contribution in [-0.4, -0.2) is 0 Å². The number of anilines is 1. The van der Waals surface area contributed by atoms with Crippen molar-refractivity contribution in [3.8, 4) is 0 Å². The normalized spacial score (nSPS) is 16.4. The van der Waals surface area contributed by atoms with Gasteiger partial charge in [-0.1, -0.05) is 144 Å². The molecule has 0 saturated carbocycles. The van der Waals surface area contributed by atoms with Crippen molar-refractivity contribution in [1.82, 2.24) is 0 Å². The van der Waals surface area contributed by atoms with E-state index in [2.05, 4.69) is 145 Å². The quantitative estimate of drug-likeness (QED) is 0.257. The number of hydrogen-bond donors (Lipinski definition) is 0. The zero-order valence-corrected chi connectivity index (χ0v) is 25.5. The standard InChI is InChI=1S/C30H33N.C10H12/c1-8-9-13-28(21(2)3)20-30-22(4)24(6)31(25(30)7)29-18-16-27(17-19-29)23(5)26-14-11-10-12-15-26;1-3-9(2)10-7-5-4-6-8-10/h8-20,22-23H,1,6-7H2,2-5H3;4-8H,2-3H2,1H3/b13-9-,30-20+;. The zero-order chi connectivity index (χ0) is 29.9. The molecule has 0 aliphatic carbocycles. The Morgan fingerprint density at radius 1 is 0.878 bits per heavy atom. The van der Waals surface area contributed by atoms with E-state index in [1.54, 1.807) is 6.08 Å². The lowest BCUT2D eigenvalue weighted by Crippen LogP contribution is -2.14. The number of nitrogens with zero attached hydrogens (tertiary/aromatic N) is 1. The summed E-state index contributed by atoms with van der Waals surface area (Å²) in [6.07, 6.45) is 9.14. The van der Waals surface area contributed by atoms with E-state index in [0.717, 1.165) is 23.5 Å². The van der Waals surface area contributed by atoms with Gasteiger partial charge in [-0.2, -0.15) is 0 Å². The van der Waals surface area contributed by atoms with Crippen molar-refractivity contribution in [3.05, 3.63) is 180 Å². The SMILES string of the molecule is C=C(CC)c1ccccc1.C=C/C=C\C(/C=C1/C(=C)N(c2ccc(C(C)c3ccccc3)cc2)C(=C)C1C)=C(C)C. The zero-order valence-electron chi connectivity index (χ0n) is 25.5. The first-order valence-electron chi connectivity index (χ1n) is 14.4. The smallest absolute Gasteiger partial charge is 0.0458 e. The lowest BCUT2D eigenvalue weighted by atomic mass is 9.93. The average molecular weight is 540 g/mol. The minimum Gasteiger partial charge on any atom is -0.315 e. The van der Waals surface area contributed by atoms with Crippen molar-refractivity contribution in [2.75, 3.05) is 4.90 Å². The van der Waals surface area contributed by atoms with Gasteiger partial charge in [0.2, 0.25) is 0 Å². The number of benzene rings is 3. The Labute approximate surface area is 249 Å². The fourth-order valence-electron chi connectivity index (χ4n) is 4.88. The highest BCUT2D eigenvalue weighted by molar-refractivity contribution is 5.69. The summed E-state index contributed by atoms with van der Waals surface area (Å²) in [5.41, 5.74) is 11.9. The lowest BCUT2D eigenvalue weighted by Gasteiger charge is -2.22. The molecular weight excluding hydrogens is 494 g/mol. The first-order valence-corrected chi connectivity index (χ1v) is 14.4. The van der Waals surface area contributed by atoms with Gasteiger partial charge in [0.05, 0.1) is 0 Å². The van der Waals surface area contributed by atoms with Crippen LogP contribution in [0.2, 0.25) is 0 Å². The molecule has 3 aromatic rings. The first-order chi connectivity index (χ1) is 19.7. The van der Waals surface area contributed by atoms with E-state index in [4.69, 9.17) is 0 Å². The molecular formula is C40H45N. The van der Waals surface area contributed by atoms with Crippen LogP contribution in [-0.2, 0) is 0 Å². The van der Waals surface area contributed by atoms with Crippen LogP contribution in [0.5, 0.6) is 0 Å². The molecule has 1 nitrogen and oxygen atoms in total. The molecule has 4 rings (SSSR count). The van der Waals surface area contributed by atoms with Gasteiger partial charge in [-0.15, -0.1) is 0 Å². The van der Waals surface area contributed by atoms with Crippen LogP contribution >= 0.6 is 0 Å². The molecule has 41 heavy (non-hydrogen) atoms. The van der Waals surface area contributed by atoms with E-state index in [1.807, 2.05) is 24.3 Å². The first kappa shape index (κ1) is 31.2. The highest BCUT2D eigenvalue weighted by Crippen LogP contribution is 2.43. The topological polar surface area (TPSA) is 3.24 Å². The predicted molar refractivity (Wildman–Crippen MR) is 182 cm³/mol. The lowest BCUT2D eigenvalue weighted by molar-refractivity contribution is 0.861. The molecule has 1 aliphatic heterocycles. The van der Waals surface area contributed by atoms with Gasteiger partial charge in [-0.05, 0) is 71.9 Å². The molecule has 0 aromatic heterocycles. The molecule has 0 amide bonds. The Morgan fingerprint density at radius 3 is 1.98 bits per heavy atom. The van der Waals surface area contributed by atoms with E-state index >= 15 is 0 Å². The molecule has 1 heterocycles. The second kappa shape index (κ2) is 14.9. The maximum atomic E-state index is 4.42. The summed E-state index contributed by atoms with van der Waals surface area (Å²) < 4.78 is 0. The monoisotopic (exact) mass is 539 g/mol. The van der Waals surface area contributed by atoms with Gasteiger partial charge in [0, 0.05) is 28.9 Å². The molecule has 1 aliphatic rings. The number of allylic oxidation sites excluding steroid dienone is 9. The Hall–Kier alpha value is -4.36. The molecule has 0 bridgehead atoms. The van der Waals surface area contributed by atoms with Crippen LogP contribution in [0, 0.1) is 5.92 Å². The van der Waals surface area contributed by atoms with Crippen molar-refractivity contribution in [1.29, 1.82) is 0 Å². The Kier molecular flexibility index (Phi) is 11.3. The van der Waals surface area contributed by atoms with E-state index in [0.29, 0.717) is 5.92 Å². The summed E-state index contributed by atoms with van der Waals surface area (Å²) in [5, 5.41) is 0. The Balaban J connectivity index is 0.000000389. The molecule has 210 valence electrons. The maximum absolute atomic E-state index is 4.42. The summed E-state index contributed by atoms with van der Waals surface area (Å²) in [6, 6.07) is 29.7. The minimum absolute atomic E-state index is 0.210. The van der Waals surface area contributed by atoms with Gasteiger partial charge < -0.3 is 4.90 Å².